The predicted molar refractivity (Wildman–Crippen MR) is 98.7 cm³/mol. The van der Waals surface area contributed by atoms with Crippen LogP contribution in [0, 0.1) is 12.8 Å². The summed E-state index contributed by atoms with van der Waals surface area (Å²) in [6, 6.07) is 6.50. The molecule has 1 amide bonds. The molecule has 6 nitrogen and oxygen atoms in total. The third-order valence-electron chi connectivity index (χ3n) is 4.74. The molecule has 1 aromatic heterocycles. The molecule has 8 heteroatoms. The fourth-order valence-corrected chi connectivity index (χ4v) is 4.70. The molecule has 1 N–H and O–H groups in total. The molecular formula is C18H21ClN2O4S. The lowest BCUT2D eigenvalue weighted by Crippen LogP contribution is -2.41. The average Bonchev–Trinajstić information content (AvgIpc) is 3.17. The van der Waals surface area contributed by atoms with Crippen molar-refractivity contribution in [3.8, 4) is 0 Å². The molecule has 0 atom stereocenters. The van der Waals surface area contributed by atoms with Crippen LogP contribution in [0.25, 0.3) is 0 Å². The minimum absolute atomic E-state index is 0.0488. The third kappa shape index (κ3) is 4.11. The lowest BCUT2D eigenvalue weighted by atomic mass is 9.97. The molecule has 2 aromatic rings. The van der Waals surface area contributed by atoms with Crippen LogP contribution in [0.3, 0.4) is 0 Å². The second-order valence-electron chi connectivity index (χ2n) is 6.46. The van der Waals surface area contributed by atoms with Crippen LogP contribution in [-0.4, -0.2) is 38.9 Å². The van der Waals surface area contributed by atoms with Gasteiger partial charge in [0.15, 0.2) is 0 Å². The summed E-state index contributed by atoms with van der Waals surface area (Å²) >= 11 is 6.02. The molecule has 0 spiro atoms. The molecule has 140 valence electrons. The molecule has 1 fully saturated rings. The first-order valence-corrected chi connectivity index (χ1v) is 10.3. The van der Waals surface area contributed by atoms with Crippen molar-refractivity contribution in [2.45, 2.75) is 24.7 Å². The van der Waals surface area contributed by atoms with Crippen molar-refractivity contribution in [2.24, 2.45) is 5.92 Å². The minimum atomic E-state index is -3.61. The van der Waals surface area contributed by atoms with Crippen LogP contribution in [0.15, 0.2) is 46.1 Å². The summed E-state index contributed by atoms with van der Waals surface area (Å²) in [5, 5.41) is 0.430. The van der Waals surface area contributed by atoms with Crippen LogP contribution in [0.4, 0.5) is 0 Å². The number of likely N-dealkylation sites (tertiary alicyclic amines) is 1. The second-order valence-corrected chi connectivity index (χ2v) is 8.61. The zero-order valence-corrected chi connectivity index (χ0v) is 16.0. The van der Waals surface area contributed by atoms with E-state index in [4.69, 9.17) is 16.0 Å². The van der Waals surface area contributed by atoms with E-state index in [0.29, 0.717) is 35.8 Å². The summed E-state index contributed by atoms with van der Waals surface area (Å²) in [4.78, 5) is 14.3. The number of carbonyl (C=O) groups excluding carboxylic acids is 1. The Hall–Kier alpha value is -1.83. The molecule has 1 aromatic carbocycles. The number of hydrogen-bond donors (Lipinski definition) is 1. The zero-order valence-electron chi connectivity index (χ0n) is 14.4. The maximum Gasteiger partial charge on any atom is 0.257 e. The molecule has 0 unspecified atom stereocenters. The van der Waals surface area contributed by atoms with Gasteiger partial charge in [0.25, 0.3) is 5.91 Å². The van der Waals surface area contributed by atoms with Crippen molar-refractivity contribution in [1.29, 1.82) is 0 Å². The number of piperidine rings is 1. The van der Waals surface area contributed by atoms with Crippen molar-refractivity contribution >= 4 is 27.5 Å². The van der Waals surface area contributed by atoms with Crippen molar-refractivity contribution in [1.82, 2.24) is 9.62 Å². The van der Waals surface area contributed by atoms with Crippen LogP contribution in [0.5, 0.6) is 0 Å². The second kappa shape index (κ2) is 7.82. The molecule has 2 heterocycles. The summed E-state index contributed by atoms with van der Waals surface area (Å²) in [7, 11) is -3.61. The van der Waals surface area contributed by atoms with Crippen molar-refractivity contribution in [3.05, 3.63) is 52.9 Å². The maximum absolute atomic E-state index is 12.5. The van der Waals surface area contributed by atoms with Crippen LogP contribution in [-0.2, 0) is 10.0 Å². The zero-order chi connectivity index (χ0) is 18.7. The first-order valence-electron chi connectivity index (χ1n) is 8.45. The lowest BCUT2D eigenvalue weighted by Gasteiger charge is -2.31. The van der Waals surface area contributed by atoms with Crippen molar-refractivity contribution in [2.75, 3.05) is 19.6 Å². The van der Waals surface area contributed by atoms with E-state index in [0.717, 1.165) is 12.8 Å². The molecule has 0 radical (unpaired) electrons. The molecule has 1 aliphatic heterocycles. The normalized spacial score (nSPS) is 16.0. The van der Waals surface area contributed by atoms with Gasteiger partial charge in [-0.25, -0.2) is 13.1 Å². The number of hydrogen-bond acceptors (Lipinski definition) is 4. The smallest absolute Gasteiger partial charge is 0.257 e. The molecule has 0 aliphatic carbocycles. The number of carbonyl (C=O) groups is 1. The maximum atomic E-state index is 12.5. The SMILES string of the molecule is Cc1c(Cl)cccc1S(=O)(=O)NCC1CCN(C(=O)c2ccoc2)CC1. The van der Waals surface area contributed by atoms with E-state index in [2.05, 4.69) is 4.72 Å². The summed E-state index contributed by atoms with van der Waals surface area (Å²) in [5.74, 6) is 0.144. The number of halogens is 1. The van der Waals surface area contributed by atoms with E-state index in [9.17, 15) is 13.2 Å². The predicted octanol–water partition coefficient (Wildman–Crippen LogP) is 3.07. The van der Waals surface area contributed by atoms with Crippen molar-refractivity contribution < 1.29 is 17.6 Å². The van der Waals surface area contributed by atoms with Gasteiger partial charge < -0.3 is 9.32 Å². The Balaban J connectivity index is 1.55. The van der Waals surface area contributed by atoms with E-state index in [1.165, 1.54) is 12.5 Å². The number of nitrogens with one attached hydrogen (secondary N) is 1. The van der Waals surface area contributed by atoms with Gasteiger partial charge in [-0.3, -0.25) is 4.79 Å². The fourth-order valence-electron chi connectivity index (χ4n) is 3.09. The molecule has 3 rings (SSSR count). The van der Waals surface area contributed by atoms with Gasteiger partial charge in [0.05, 0.1) is 16.7 Å². The van der Waals surface area contributed by atoms with Gasteiger partial charge in [-0.05, 0) is 49.4 Å². The van der Waals surface area contributed by atoms with Gasteiger partial charge in [-0.15, -0.1) is 0 Å². The topological polar surface area (TPSA) is 79.6 Å². The average molecular weight is 397 g/mol. The highest BCUT2D eigenvalue weighted by molar-refractivity contribution is 7.89. The number of nitrogens with zero attached hydrogens (tertiary/aromatic N) is 1. The van der Waals surface area contributed by atoms with E-state index >= 15 is 0 Å². The quantitative estimate of drug-likeness (QED) is 0.842. The Kier molecular flexibility index (Phi) is 5.70. The minimum Gasteiger partial charge on any atom is -0.472 e. The molecule has 0 bridgehead atoms. The number of benzene rings is 1. The van der Waals surface area contributed by atoms with E-state index < -0.39 is 10.0 Å². The van der Waals surface area contributed by atoms with E-state index in [-0.39, 0.29) is 16.7 Å². The number of sulfonamides is 1. The van der Waals surface area contributed by atoms with Gasteiger partial charge in [0.2, 0.25) is 10.0 Å². The first-order chi connectivity index (χ1) is 12.4. The molecule has 1 saturated heterocycles. The van der Waals surface area contributed by atoms with Crippen LogP contribution < -0.4 is 4.72 Å². The molecule has 0 saturated carbocycles. The highest BCUT2D eigenvalue weighted by atomic mass is 35.5. The van der Waals surface area contributed by atoms with Crippen molar-refractivity contribution in [3.63, 3.8) is 0 Å². The van der Waals surface area contributed by atoms with Crippen LogP contribution in [0.2, 0.25) is 5.02 Å². The largest absolute Gasteiger partial charge is 0.472 e. The van der Waals surface area contributed by atoms with Gasteiger partial charge >= 0.3 is 0 Å². The highest BCUT2D eigenvalue weighted by Gasteiger charge is 2.26. The molecular weight excluding hydrogens is 376 g/mol. The summed E-state index contributed by atoms with van der Waals surface area (Å²) < 4.78 is 32.7. The Morgan fingerprint density at radius 3 is 2.69 bits per heavy atom. The Morgan fingerprint density at radius 1 is 1.31 bits per heavy atom. The molecule has 1 aliphatic rings. The van der Waals surface area contributed by atoms with Gasteiger partial charge in [0, 0.05) is 24.7 Å². The lowest BCUT2D eigenvalue weighted by molar-refractivity contribution is 0.0691. The Labute approximate surface area is 158 Å². The van der Waals surface area contributed by atoms with E-state index in [1.807, 2.05) is 0 Å². The number of amides is 1. The summed E-state index contributed by atoms with van der Waals surface area (Å²) in [6.07, 6.45) is 4.42. The van der Waals surface area contributed by atoms with Gasteiger partial charge in [-0.2, -0.15) is 0 Å². The Morgan fingerprint density at radius 2 is 2.04 bits per heavy atom. The van der Waals surface area contributed by atoms with Crippen LogP contribution >= 0.6 is 11.6 Å². The summed E-state index contributed by atoms with van der Waals surface area (Å²) in [5.41, 5.74) is 1.09. The van der Waals surface area contributed by atoms with E-state index in [1.54, 1.807) is 36.1 Å². The number of furan rings is 1. The third-order valence-corrected chi connectivity index (χ3v) is 6.72. The summed E-state index contributed by atoms with van der Waals surface area (Å²) in [6.45, 7) is 3.25. The van der Waals surface area contributed by atoms with Gasteiger partial charge in [-0.1, -0.05) is 17.7 Å². The first kappa shape index (κ1) is 18.9. The molecule has 26 heavy (non-hydrogen) atoms. The fraction of sp³-hybridized carbons (Fsp3) is 0.389. The monoisotopic (exact) mass is 396 g/mol. The number of rotatable bonds is 5. The highest BCUT2D eigenvalue weighted by Crippen LogP contribution is 2.24. The van der Waals surface area contributed by atoms with Gasteiger partial charge in [0.1, 0.15) is 6.26 Å². The van der Waals surface area contributed by atoms with Crippen LogP contribution in [0.1, 0.15) is 28.8 Å². The Bertz CT molecular complexity index is 873. The standard InChI is InChI=1S/C18H21ClN2O4S/c1-13-16(19)3-2-4-17(13)26(23,24)20-11-14-5-8-21(9-6-14)18(22)15-7-10-25-12-15/h2-4,7,10,12,14,20H,5-6,8-9,11H2,1H3.